The van der Waals surface area contributed by atoms with Crippen molar-refractivity contribution < 1.29 is 0 Å². The summed E-state index contributed by atoms with van der Waals surface area (Å²) < 4.78 is 0. The van der Waals surface area contributed by atoms with Crippen molar-refractivity contribution in [3.63, 3.8) is 0 Å². The van der Waals surface area contributed by atoms with E-state index in [1.54, 1.807) is 6.08 Å². The second kappa shape index (κ2) is 32.9. The fourth-order valence-corrected chi connectivity index (χ4v) is 2.79. The number of hydrogen-bond acceptors (Lipinski definition) is 0. The minimum Gasteiger partial charge on any atom is -0.0991 e. The number of rotatable bonds is 7. The standard InChI is InChI=1S/C15H14.C10H14.C6H10.3C2H6/c1-13-6-5-9-15(12-13)11-10-14-7-3-2-4-8-14;1-2-3-7-10-8-5-4-6-9-10;1-3-5-6-4-2;3*1-2/h2-12H,1H3;4-6,8-9H,2-3,7H2,1H3;3,5-6H,1,4H2,2H3;3*1-2H3/b11-10+;;6-5-;;;. The van der Waals surface area contributed by atoms with E-state index in [0.717, 1.165) is 6.42 Å². The highest BCUT2D eigenvalue weighted by molar-refractivity contribution is 5.69. The summed E-state index contributed by atoms with van der Waals surface area (Å²) in [6.07, 6.45) is 15.0. The molecular formula is C37H56. The zero-order chi connectivity index (χ0) is 28.6. The van der Waals surface area contributed by atoms with E-state index in [1.165, 1.54) is 41.5 Å². The molecule has 0 amide bonds. The first-order valence-electron chi connectivity index (χ1n) is 14.3. The molecule has 0 aliphatic heterocycles. The van der Waals surface area contributed by atoms with Crippen LogP contribution in [0.3, 0.4) is 0 Å². The summed E-state index contributed by atoms with van der Waals surface area (Å²) in [4.78, 5) is 0. The Bertz CT molecular complexity index is 870. The van der Waals surface area contributed by atoms with Crippen LogP contribution in [0, 0.1) is 6.92 Å². The maximum Gasteiger partial charge on any atom is -0.0254 e. The van der Waals surface area contributed by atoms with E-state index in [1.807, 2.05) is 53.7 Å². The summed E-state index contributed by atoms with van der Waals surface area (Å²) in [7, 11) is 0. The molecule has 0 heterocycles. The first-order valence-corrected chi connectivity index (χ1v) is 14.3. The van der Waals surface area contributed by atoms with Crippen molar-refractivity contribution in [3.05, 3.63) is 132 Å². The molecule has 0 atom stereocenters. The Morgan fingerprint density at radius 3 is 1.62 bits per heavy atom. The normalized spacial score (nSPS) is 9.00. The van der Waals surface area contributed by atoms with Gasteiger partial charge in [0.1, 0.15) is 0 Å². The molecule has 0 spiro atoms. The average Bonchev–Trinajstić information content (AvgIpc) is 2.99. The van der Waals surface area contributed by atoms with Crippen molar-refractivity contribution in [3.8, 4) is 0 Å². The molecule has 0 nitrogen and oxygen atoms in total. The fraction of sp³-hybridized carbons (Fsp3) is 0.351. The Balaban J connectivity index is -0.000000457. The van der Waals surface area contributed by atoms with E-state index < -0.39 is 0 Å². The molecule has 0 aromatic heterocycles. The first kappa shape index (κ1) is 38.4. The van der Waals surface area contributed by atoms with E-state index in [9.17, 15) is 0 Å². The molecule has 37 heavy (non-hydrogen) atoms. The molecule has 3 rings (SSSR count). The van der Waals surface area contributed by atoms with Crippen LogP contribution in [0.2, 0.25) is 0 Å². The SMILES string of the molecule is C=C/C=C\CC.CC.CC.CC.CCCCc1ccccc1.Cc1cccc(/C=C/c2ccccc2)c1. The van der Waals surface area contributed by atoms with Gasteiger partial charge in [-0.3, -0.25) is 0 Å². The van der Waals surface area contributed by atoms with E-state index in [4.69, 9.17) is 0 Å². The third-order valence-corrected chi connectivity index (χ3v) is 4.48. The lowest BCUT2D eigenvalue weighted by Gasteiger charge is -1.96. The topological polar surface area (TPSA) is 0 Å². The number of unbranched alkanes of at least 4 members (excludes halogenated alkanes) is 1. The van der Waals surface area contributed by atoms with Gasteiger partial charge in [0.2, 0.25) is 0 Å². The number of benzene rings is 3. The lowest BCUT2D eigenvalue weighted by molar-refractivity contribution is 0.795. The van der Waals surface area contributed by atoms with Crippen molar-refractivity contribution >= 4 is 12.2 Å². The van der Waals surface area contributed by atoms with Crippen LogP contribution in [-0.4, -0.2) is 0 Å². The summed E-state index contributed by atoms with van der Waals surface area (Å²) >= 11 is 0. The lowest BCUT2D eigenvalue weighted by atomic mass is 10.1. The highest BCUT2D eigenvalue weighted by atomic mass is 13.9. The van der Waals surface area contributed by atoms with Crippen LogP contribution in [0.5, 0.6) is 0 Å². The van der Waals surface area contributed by atoms with Gasteiger partial charge in [0.15, 0.2) is 0 Å². The van der Waals surface area contributed by atoms with Crippen LogP contribution >= 0.6 is 0 Å². The van der Waals surface area contributed by atoms with Crippen molar-refractivity contribution in [1.82, 2.24) is 0 Å². The maximum atomic E-state index is 3.51. The molecule has 3 aromatic rings. The Kier molecular flexibility index (Phi) is 34.1. The van der Waals surface area contributed by atoms with Crippen molar-refractivity contribution in [2.45, 2.75) is 88.0 Å². The molecular weight excluding hydrogens is 444 g/mol. The lowest BCUT2D eigenvalue weighted by Crippen LogP contribution is -1.81. The van der Waals surface area contributed by atoms with E-state index in [-0.39, 0.29) is 0 Å². The monoisotopic (exact) mass is 500 g/mol. The highest BCUT2D eigenvalue weighted by Crippen LogP contribution is 2.09. The third-order valence-electron chi connectivity index (χ3n) is 4.48. The summed E-state index contributed by atoms with van der Waals surface area (Å²) in [5.74, 6) is 0. The van der Waals surface area contributed by atoms with Gasteiger partial charge < -0.3 is 0 Å². The number of hydrogen-bond donors (Lipinski definition) is 0. The molecule has 3 aromatic carbocycles. The predicted octanol–water partition coefficient (Wildman–Crippen LogP) is 12.4. The van der Waals surface area contributed by atoms with Crippen LogP contribution < -0.4 is 0 Å². The van der Waals surface area contributed by atoms with Crippen LogP contribution in [0.4, 0.5) is 0 Å². The summed E-state index contributed by atoms with van der Waals surface area (Å²) in [6, 6.07) is 29.5. The Morgan fingerprint density at radius 1 is 0.649 bits per heavy atom. The highest BCUT2D eigenvalue weighted by Gasteiger charge is 1.88. The van der Waals surface area contributed by atoms with Crippen molar-refractivity contribution in [1.29, 1.82) is 0 Å². The second-order valence-corrected chi connectivity index (χ2v) is 7.32. The van der Waals surface area contributed by atoms with E-state index >= 15 is 0 Å². The van der Waals surface area contributed by atoms with Gasteiger partial charge in [-0.05, 0) is 42.9 Å². The molecule has 0 bridgehead atoms. The van der Waals surface area contributed by atoms with Crippen LogP contribution in [0.15, 0.2) is 110 Å². The van der Waals surface area contributed by atoms with Gasteiger partial charge in [-0.2, -0.15) is 0 Å². The number of aryl methyl sites for hydroxylation is 2. The van der Waals surface area contributed by atoms with E-state index in [2.05, 4.69) is 124 Å². The van der Waals surface area contributed by atoms with Gasteiger partial charge in [-0.25, -0.2) is 0 Å². The summed E-state index contributed by atoms with van der Waals surface area (Å²) in [5, 5.41) is 0. The molecule has 0 heteroatoms. The molecule has 0 radical (unpaired) electrons. The maximum absolute atomic E-state index is 3.51. The van der Waals surface area contributed by atoms with Gasteiger partial charge >= 0.3 is 0 Å². The fourth-order valence-electron chi connectivity index (χ4n) is 2.79. The molecule has 0 N–H and O–H groups in total. The zero-order valence-corrected chi connectivity index (χ0v) is 25.5. The first-order chi connectivity index (χ1) is 18.2. The molecule has 0 fully saturated rings. The van der Waals surface area contributed by atoms with Gasteiger partial charge in [0.25, 0.3) is 0 Å². The molecule has 0 saturated carbocycles. The van der Waals surface area contributed by atoms with Gasteiger partial charge in [0, 0.05) is 0 Å². The third kappa shape index (κ3) is 25.8. The number of allylic oxidation sites excluding steroid dienone is 3. The minimum atomic E-state index is 1.10. The second-order valence-electron chi connectivity index (χ2n) is 7.32. The molecule has 204 valence electrons. The van der Waals surface area contributed by atoms with Crippen molar-refractivity contribution in [2.24, 2.45) is 0 Å². The van der Waals surface area contributed by atoms with Gasteiger partial charge in [-0.1, -0.05) is 189 Å². The smallest absolute Gasteiger partial charge is 0.0254 e. The predicted molar refractivity (Wildman–Crippen MR) is 175 cm³/mol. The zero-order valence-electron chi connectivity index (χ0n) is 25.5. The molecule has 0 unspecified atom stereocenters. The minimum absolute atomic E-state index is 1.10. The Hall–Kier alpha value is -3.12. The van der Waals surface area contributed by atoms with Crippen LogP contribution in [0.1, 0.15) is 96.9 Å². The molecule has 0 saturated heterocycles. The summed E-state index contributed by atoms with van der Waals surface area (Å²) in [6.45, 7) is 21.9. The largest absolute Gasteiger partial charge is 0.0991 e. The van der Waals surface area contributed by atoms with Crippen LogP contribution in [0.25, 0.3) is 12.2 Å². The molecule has 0 aliphatic rings. The van der Waals surface area contributed by atoms with Crippen LogP contribution in [-0.2, 0) is 6.42 Å². The average molecular weight is 501 g/mol. The Morgan fingerprint density at radius 2 is 1.16 bits per heavy atom. The van der Waals surface area contributed by atoms with E-state index in [0.29, 0.717) is 0 Å². The Labute approximate surface area is 231 Å². The quantitative estimate of drug-likeness (QED) is 0.223. The summed E-state index contributed by atoms with van der Waals surface area (Å²) in [5.41, 5.74) is 5.24. The molecule has 0 aliphatic carbocycles. The van der Waals surface area contributed by atoms with Gasteiger partial charge in [-0.15, -0.1) is 0 Å². The van der Waals surface area contributed by atoms with Crippen molar-refractivity contribution in [2.75, 3.05) is 0 Å². The van der Waals surface area contributed by atoms with Gasteiger partial charge in [0.05, 0.1) is 0 Å².